The van der Waals surface area contributed by atoms with Crippen molar-refractivity contribution in [2.24, 2.45) is 0 Å². The molecule has 4 heavy (non-hydrogen) atoms. The first-order valence-electron chi connectivity index (χ1n) is 0. The van der Waals surface area contributed by atoms with Gasteiger partial charge >= 0.3 is 0 Å². The monoisotopic (exact) mass is 450 g/mol. The molecule has 0 unspecified atom stereocenters. The Bertz CT molecular complexity index is 3.25. The molecule has 4 heteroatoms. The molecule has 0 aliphatic heterocycles. The molecule has 0 fully saturated rings. The smallest absolute Gasteiger partial charge is 0 e. The number of hydrogen-bond donors (Lipinski definition) is 0. The van der Waals surface area contributed by atoms with E-state index in [-0.39, 0.29) is 91.7 Å². The molecule has 0 aromatic rings. The van der Waals surface area contributed by atoms with E-state index in [0.29, 0.717) is 0 Å². The Kier molecular flexibility index (Phi) is 123. The molecule has 0 aromatic heterocycles. The molecule has 0 aromatic carbocycles. The Morgan fingerprint density at radius 2 is 0.500 bits per heavy atom. The van der Waals surface area contributed by atoms with Gasteiger partial charge in [0.2, 0.25) is 0 Å². The molecule has 0 N–H and O–H groups in total. The summed E-state index contributed by atoms with van der Waals surface area (Å²) < 4.78 is 0. The van der Waals surface area contributed by atoms with Crippen molar-refractivity contribution in [3.63, 3.8) is 0 Å². The van der Waals surface area contributed by atoms with Crippen LogP contribution in [0.4, 0.5) is 0 Å². The molecule has 0 spiro atoms. The van der Waals surface area contributed by atoms with E-state index in [9.17, 15) is 0 Å². The SMILES string of the molecule is [Ga].[I-].[I-].[I-]. The van der Waals surface area contributed by atoms with Crippen LogP contribution in [-0.4, -0.2) is 19.8 Å². The van der Waals surface area contributed by atoms with Crippen LogP contribution in [0.1, 0.15) is 0 Å². The second-order valence-corrected chi connectivity index (χ2v) is 0. The third-order valence-corrected chi connectivity index (χ3v) is 0. The molecule has 0 atom stereocenters. The third kappa shape index (κ3) is 8.85. The van der Waals surface area contributed by atoms with Gasteiger partial charge in [-0.15, -0.1) is 0 Å². The summed E-state index contributed by atoms with van der Waals surface area (Å²) in [6.45, 7) is 0. The quantitative estimate of drug-likeness (QED) is 0.254. The third-order valence-electron chi connectivity index (χ3n) is 0. The Morgan fingerprint density at radius 1 is 0.500 bits per heavy atom. The molecule has 0 saturated carbocycles. The summed E-state index contributed by atoms with van der Waals surface area (Å²) >= 11 is 0. The van der Waals surface area contributed by atoms with E-state index >= 15 is 0 Å². The van der Waals surface area contributed by atoms with Gasteiger partial charge in [-0.3, -0.25) is 0 Å². The van der Waals surface area contributed by atoms with Crippen molar-refractivity contribution in [2.75, 3.05) is 0 Å². The molecule has 0 rings (SSSR count). The van der Waals surface area contributed by atoms with Crippen molar-refractivity contribution in [1.29, 1.82) is 0 Å². The minimum Gasteiger partial charge on any atom is -1.00 e. The maximum atomic E-state index is 0. The number of rotatable bonds is 0. The van der Waals surface area contributed by atoms with Crippen LogP contribution in [-0.2, 0) is 0 Å². The fourth-order valence-corrected chi connectivity index (χ4v) is 0. The van der Waals surface area contributed by atoms with Gasteiger partial charge in [-0.25, -0.2) is 0 Å². The number of hydrogen-bond acceptors (Lipinski definition) is 0. The first-order chi connectivity index (χ1) is 0. The molecule has 0 aliphatic rings. The summed E-state index contributed by atoms with van der Waals surface area (Å²) in [4.78, 5) is 0. The van der Waals surface area contributed by atoms with E-state index in [1.54, 1.807) is 0 Å². The van der Waals surface area contributed by atoms with Crippen LogP contribution in [0.5, 0.6) is 0 Å². The van der Waals surface area contributed by atoms with Crippen molar-refractivity contribution >= 4 is 19.8 Å². The van der Waals surface area contributed by atoms with Gasteiger partial charge in [0, 0.05) is 19.8 Å². The summed E-state index contributed by atoms with van der Waals surface area (Å²) in [5, 5.41) is 0. The van der Waals surface area contributed by atoms with E-state index in [0.717, 1.165) is 0 Å². The van der Waals surface area contributed by atoms with E-state index in [1.165, 1.54) is 0 Å². The molecule has 0 heterocycles. The Morgan fingerprint density at radius 3 is 0.500 bits per heavy atom. The first-order valence-corrected chi connectivity index (χ1v) is 0. The van der Waals surface area contributed by atoms with E-state index in [4.69, 9.17) is 0 Å². The molecular weight excluding hydrogens is 450 g/mol. The molecule has 27 valence electrons. The van der Waals surface area contributed by atoms with Crippen LogP contribution in [0, 0.1) is 0 Å². The average Bonchev–Trinajstić information content (AvgIpc) is 0. The number of halogens is 3. The fourth-order valence-electron chi connectivity index (χ4n) is 0. The summed E-state index contributed by atoms with van der Waals surface area (Å²) in [7, 11) is 0. The van der Waals surface area contributed by atoms with Crippen molar-refractivity contribution < 1.29 is 71.9 Å². The molecule has 0 bridgehead atoms. The Balaban J connectivity index is 0. The van der Waals surface area contributed by atoms with Gasteiger partial charge < -0.3 is 71.9 Å². The fraction of sp³-hybridized carbons (Fsp3) is 0. The maximum Gasteiger partial charge on any atom is 0 e. The molecular formula is GaI3-3. The maximum absolute atomic E-state index is 0. The second-order valence-electron chi connectivity index (χ2n) is 0. The van der Waals surface area contributed by atoms with Crippen LogP contribution in [0.25, 0.3) is 0 Å². The van der Waals surface area contributed by atoms with Crippen LogP contribution in [0.2, 0.25) is 0 Å². The largest absolute Gasteiger partial charge is 1.00 e. The van der Waals surface area contributed by atoms with Gasteiger partial charge in [0.1, 0.15) is 0 Å². The summed E-state index contributed by atoms with van der Waals surface area (Å²) in [6, 6.07) is 0. The van der Waals surface area contributed by atoms with Gasteiger partial charge in [0.15, 0.2) is 0 Å². The van der Waals surface area contributed by atoms with E-state index in [2.05, 4.69) is 0 Å². The molecule has 0 saturated heterocycles. The summed E-state index contributed by atoms with van der Waals surface area (Å²) in [6.07, 6.45) is 0. The standard InChI is InChI=1S/Ga.3HI/h;3*1H/p-3. The Labute approximate surface area is 90.0 Å². The molecule has 0 nitrogen and oxygen atoms in total. The van der Waals surface area contributed by atoms with E-state index < -0.39 is 0 Å². The summed E-state index contributed by atoms with van der Waals surface area (Å²) in [5.41, 5.74) is 0. The topological polar surface area (TPSA) is 0 Å². The van der Waals surface area contributed by atoms with Crippen LogP contribution in [0.15, 0.2) is 0 Å². The second kappa shape index (κ2) is 17.0. The zero-order valence-corrected chi connectivity index (χ0v) is 10.6. The average molecular weight is 450 g/mol. The zero-order chi connectivity index (χ0) is 0. The zero-order valence-electron chi connectivity index (χ0n) is 1.71. The predicted molar refractivity (Wildman–Crippen MR) is 5.75 cm³/mol. The van der Waals surface area contributed by atoms with Crippen LogP contribution >= 0.6 is 0 Å². The van der Waals surface area contributed by atoms with Crippen LogP contribution < -0.4 is 71.9 Å². The van der Waals surface area contributed by atoms with Gasteiger partial charge in [-0.05, 0) is 0 Å². The van der Waals surface area contributed by atoms with Crippen molar-refractivity contribution in [2.45, 2.75) is 0 Å². The van der Waals surface area contributed by atoms with Crippen molar-refractivity contribution in [3.05, 3.63) is 0 Å². The minimum atomic E-state index is 0. The van der Waals surface area contributed by atoms with Gasteiger partial charge in [0.05, 0.1) is 0 Å². The molecule has 3 radical (unpaired) electrons. The normalized spacial score (nSPS) is 0. The molecule has 0 amide bonds. The van der Waals surface area contributed by atoms with Gasteiger partial charge in [0.25, 0.3) is 0 Å². The van der Waals surface area contributed by atoms with Gasteiger partial charge in [-0.1, -0.05) is 0 Å². The minimum absolute atomic E-state index is 0. The first kappa shape index (κ1) is 29.0. The van der Waals surface area contributed by atoms with E-state index in [1.807, 2.05) is 0 Å². The van der Waals surface area contributed by atoms with Crippen molar-refractivity contribution in [1.82, 2.24) is 0 Å². The Hall–Kier alpha value is 2.83. The van der Waals surface area contributed by atoms with Gasteiger partial charge in [-0.2, -0.15) is 0 Å². The predicted octanol–water partition coefficient (Wildman–Crippen LogP) is -9.37. The molecule has 0 aliphatic carbocycles. The summed E-state index contributed by atoms with van der Waals surface area (Å²) in [5.74, 6) is 0. The van der Waals surface area contributed by atoms with Crippen LogP contribution in [0.3, 0.4) is 0 Å². The van der Waals surface area contributed by atoms with Crippen molar-refractivity contribution in [3.8, 4) is 0 Å².